The van der Waals surface area contributed by atoms with Crippen LogP contribution in [0.1, 0.15) is 5.56 Å². The Morgan fingerprint density at radius 1 is 1.00 bits per heavy atom. The van der Waals surface area contributed by atoms with Crippen molar-refractivity contribution in [1.82, 2.24) is 9.88 Å². The first-order chi connectivity index (χ1) is 13.2. The summed E-state index contributed by atoms with van der Waals surface area (Å²) >= 11 is 5.81. The van der Waals surface area contributed by atoms with Gasteiger partial charge in [-0.25, -0.2) is 4.98 Å². The highest BCUT2D eigenvalue weighted by Crippen LogP contribution is 2.21. The highest BCUT2D eigenvalue weighted by molar-refractivity contribution is 6.30. The summed E-state index contributed by atoms with van der Waals surface area (Å²) in [6.45, 7) is 1.18. The van der Waals surface area contributed by atoms with E-state index in [1.807, 2.05) is 35.2 Å². The number of pyridine rings is 1. The second-order valence-electron chi connectivity index (χ2n) is 6.59. The molecule has 5 heteroatoms. The van der Waals surface area contributed by atoms with Gasteiger partial charge in [0.05, 0.1) is 24.5 Å². The number of hydrogen-bond donors (Lipinski definition) is 0. The minimum atomic E-state index is -0.0110. The van der Waals surface area contributed by atoms with Crippen LogP contribution in [0.5, 0.6) is 5.88 Å². The standard InChI is InChI=1S/C22H19ClN2O2/c23-19-10-11-21(24-13-19)27-20-14-25(15-20)22(26)12-16-6-8-18(9-7-16)17-4-2-1-3-5-17/h1-11,13,20H,12,14-15H2. The minimum absolute atomic E-state index is 0.0110. The molecule has 2 aromatic carbocycles. The van der Waals surface area contributed by atoms with Gasteiger partial charge in [0.2, 0.25) is 11.8 Å². The van der Waals surface area contributed by atoms with E-state index in [9.17, 15) is 4.79 Å². The summed E-state index contributed by atoms with van der Waals surface area (Å²) in [6, 6.07) is 21.8. The van der Waals surface area contributed by atoms with E-state index in [4.69, 9.17) is 16.3 Å². The molecule has 1 saturated heterocycles. The Labute approximate surface area is 163 Å². The van der Waals surface area contributed by atoms with Gasteiger partial charge in [0.25, 0.3) is 0 Å². The molecule has 136 valence electrons. The molecule has 1 aromatic heterocycles. The van der Waals surface area contributed by atoms with E-state index < -0.39 is 0 Å². The van der Waals surface area contributed by atoms with Crippen LogP contribution in [0.2, 0.25) is 5.02 Å². The van der Waals surface area contributed by atoms with E-state index in [0.717, 1.165) is 11.1 Å². The van der Waals surface area contributed by atoms with Crippen LogP contribution in [0.4, 0.5) is 0 Å². The van der Waals surface area contributed by atoms with Crippen molar-refractivity contribution >= 4 is 17.5 Å². The summed E-state index contributed by atoms with van der Waals surface area (Å²) in [5.41, 5.74) is 3.34. The van der Waals surface area contributed by atoms with Gasteiger partial charge in [-0.2, -0.15) is 0 Å². The lowest BCUT2D eigenvalue weighted by Crippen LogP contribution is -2.56. The largest absolute Gasteiger partial charge is 0.471 e. The van der Waals surface area contributed by atoms with Crippen molar-refractivity contribution in [2.24, 2.45) is 0 Å². The van der Waals surface area contributed by atoms with Gasteiger partial charge in [-0.3, -0.25) is 4.79 Å². The maximum atomic E-state index is 12.4. The second kappa shape index (κ2) is 7.80. The van der Waals surface area contributed by atoms with Crippen LogP contribution in [0.25, 0.3) is 11.1 Å². The predicted molar refractivity (Wildman–Crippen MR) is 106 cm³/mol. The van der Waals surface area contributed by atoms with Gasteiger partial charge >= 0.3 is 0 Å². The lowest BCUT2D eigenvalue weighted by Gasteiger charge is -2.38. The fourth-order valence-corrected chi connectivity index (χ4v) is 3.16. The number of benzene rings is 2. The topological polar surface area (TPSA) is 42.4 Å². The lowest BCUT2D eigenvalue weighted by molar-refractivity contribution is -0.139. The second-order valence-corrected chi connectivity index (χ2v) is 7.03. The number of ether oxygens (including phenoxy) is 1. The third kappa shape index (κ3) is 4.29. The van der Waals surface area contributed by atoms with Crippen LogP contribution < -0.4 is 4.74 Å². The van der Waals surface area contributed by atoms with Crippen LogP contribution in [0.3, 0.4) is 0 Å². The van der Waals surface area contributed by atoms with Crippen molar-refractivity contribution < 1.29 is 9.53 Å². The molecule has 1 amide bonds. The fourth-order valence-electron chi connectivity index (χ4n) is 3.05. The van der Waals surface area contributed by atoms with E-state index in [-0.39, 0.29) is 12.0 Å². The Morgan fingerprint density at radius 2 is 1.70 bits per heavy atom. The van der Waals surface area contributed by atoms with Crippen LogP contribution in [-0.4, -0.2) is 35.0 Å². The molecule has 0 N–H and O–H groups in total. The molecule has 0 saturated carbocycles. The average Bonchev–Trinajstić information content (AvgIpc) is 2.67. The van der Waals surface area contributed by atoms with Gasteiger partial charge < -0.3 is 9.64 Å². The van der Waals surface area contributed by atoms with Gasteiger partial charge in [-0.15, -0.1) is 0 Å². The number of carbonyl (C=O) groups excluding carboxylic acids is 1. The van der Waals surface area contributed by atoms with Gasteiger partial charge in [0, 0.05) is 12.3 Å². The number of likely N-dealkylation sites (tertiary alicyclic amines) is 1. The quantitative estimate of drug-likeness (QED) is 0.667. The zero-order chi connectivity index (χ0) is 18.6. The number of rotatable bonds is 5. The summed E-state index contributed by atoms with van der Waals surface area (Å²) < 4.78 is 5.74. The molecule has 2 heterocycles. The summed E-state index contributed by atoms with van der Waals surface area (Å²) in [5.74, 6) is 0.652. The molecule has 4 nitrogen and oxygen atoms in total. The molecule has 0 spiro atoms. The van der Waals surface area contributed by atoms with Crippen molar-refractivity contribution in [2.75, 3.05) is 13.1 Å². The molecule has 1 fully saturated rings. The first kappa shape index (κ1) is 17.6. The fraction of sp³-hybridized carbons (Fsp3) is 0.182. The molecule has 1 aliphatic heterocycles. The minimum Gasteiger partial charge on any atom is -0.471 e. The molecule has 0 radical (unpaired) electrons. The normalized spacial score (nSPS) is 13.9. The third-order valence-electron chi connectivity index (χ3n) is 4.60. The van der Waals surface area contributed by atoms with Crippen LogP contribution in [0.15, 0.2) is 72.9 Å². The Hall–Kier alpha value is -2.85. The van der Waals surface area contributed by atoms with Crippen molar-refractivity contribution in [3.63, 3.8) is 0 Å². The van der Waals surface area contributed by atoms with E-state index in [0.29, 0.717) is 30.4 Å². The molecule has 0 aliphatic carbocycles. The summed E-state index contributed by atoms with van der Waals surface area (Å²) in [4.78, 5) is 18.4. The number of aromatic nitrogens is 1. The lowest BCUT2D eigenvalue weighted by atomic mass is 10.0. The molecule has 4 rings (SSSR count). The van der Waals surface area contributed by atoms with Crippen LogP contribution in [-0.2, 0) is 11.2 Å². The van der Waals surface area contributed by atoms with E-state index in [2.05, 4.69) is 29.2 Å². The summed E-state index contributed by atoms with van der Waals surface area (Å²) in [7, 11) is 0. The Kier molecular flexibility index (Phi) is 5.07. The Bertz CT molecular complexity index is 905. The Morgan fingerprint density at radius 3 is 2.37 bits per heavy atom. The predicted octanol–water partition coefficient (Wildman–Crippen LogP) is 4.23. The smallest absolute Gasteiger partial charge is 0.227 e. The van der Waals surface area contributed by atoms with E-state index >= 15 is 0 Å². The summed E-state index contributed by atoms with van der Waals surface area (Å²) in [6.07, 6.45) is 1.95. The Balaban J connectivity index is 1.28. The highest BCUT2D eigenvalue weighted by Gasteiger charge is 2.32. The van der Waals surface area contributed by atoms with Gasteiger partial charge in [-0.05, 0) is 22.8 Å². The van der Waals surface area contributed by atoms with Gasteiger partial charge in [-0.1, -0.05) is 66.2 Å². The highest BCUT2D eigenvalue weighted by atomic mass is 35.5. The molecule has 27 heavy (non-hydrogen) atoms. The number of amides is 1. The monoisotopic (exact) mass is 378 g/mol. The molecule has 1 aliphatic rings. The third-order valence-corrected chi connectivity index (χ3v) is 4.83. The first-order valence-corrected chi connectivity index (χ1v) is 9.25. The van der Waals surface area contributed by atoms with Crippen molar-refractivity contribution in [2.45, 2.75) is 12.5 Å². The number of carbonyl (C=O) groups is 1. The van der Waals surface area contributed by atoms with Gasteiger partial charge in [0.15, 0.2) is 0 Å². The number of hydrogen-bond acceptors (Lipinski definition) is 3. The zero-order valence-electron chi connectivity index (χ0n) is 14.7. The van der Waals surface area contributed by atoms with E-state index in [1.54, 1.807) is 18.3 Å². The first-order valence-electron chi connectivity index (χ1n) is 8.88. The maximum absolute atomic E-state index is 12.4. The molecular weight excluding hydrogens is 360 g/mol. The van der Waals surface area contributed by atoms with Crippen molar-refractivity contribution in [1.29, 1.82) is 0 Å². The van der Waals surface area contributed by atoms with Crippen LogP contribution in [0, 0.1) is 0 Å². The molecule has 0 unspecified atom stereocenters. The SMILES string of the molecule is O=C(Cc1ccc(-c2ccccc2)cc1)N1CC(Oc2ccc(Cl)cn2)C1. The molecular formula is C22H19ClN2O2. The zero-order valence-corrected chi connectivity index (χ0v) is 15.5. The number of nitrogens with zero attached hydrogens (tertiary/aromatic N) is 2. The van der Waals surface area contributed by atoms with Crippen molar-refractivity contribution in [3.05, 3.63) is 83.5 Å². The van der Waals surface area contributed by atoms with E-state index in [1.165, 1.54) is 5.56 Å². The maximum Gasteiger partial charge on any atom is 0.227 e. The summed E-state index contributed by atoms with van der Waals surface area (Å²) in [5, 5.41) is 0.575. The molecule has 3 aromatic rings. The van der Waals surface area contributed by atoms with Gasteiger partial charge in [0.1, 0.15) is 6.10 Å². The molecule has 0 bridgehead atoms. The molecule has 0 atom stereocenters. The number of halogens is 1. The average molecular weight is 379 g/mol. The van der Waals surface area contributed by atoms with Crippen molar-refractivity contribution in [3.8, 4) is 17.0 Å². The van der Waals surface area contributed by atoms with Crippen LogP contribution >= 0.6 is 11.6 Å².